The van der Waals surface area contributed by atoms with E-state index < -0.39 is 0 Å². The number of nitrogens with one attached hydrogen (secondary N) is 1. The van der Waals surface area contributed by atoms with Crippen LogP contribution >= 0.6 is 24.0 Å². The average Bonchev–Trinajstić information content (AvgIpc) is 2.96. The van der Waals surface area contributed by atoms with Crippen LogP contribution in [-0.4, -0.2) is 5.91 Å². The molecule has 3 rings (SSSR count). The highest BCUT2D eigenvalue weighted by Gasteiger charge is 2.13. The van der Waals surface area contributed by atoms with Crippen molar-refractivity contribution in [2.75, 3.05) is 5.32 Å². The SMILES string of the molecule is O=C(Nc1ccc2c(c1)COC2)c1cc(S)cs1. The maximum Gasteiger partial charge on any atom is 0.265 e. The van der Waals surface area contributed by atoms with E-state index in [1.54, 1.807) is 6.07 Å². The molecule has 0 radical (unpaired) electrons. The number of amides is 1. The molecule has 0 saturated carbocycles. The molecule has 1 aromatic heterocycles. The minimum Gasteiger partial charge on any atom is -0.372 e. The van der Waals surface area contributed by atoms with Crippen LogP contribution in [0.3, 0.4) is 0 Å². The predicted octanol–water partition coefficient (Wildman–Crippen LogP) is 3.32. The van der Waals surface area contributed by atoms with Gasteiger partial charge in [0, 0.05) is 16.0 Å². The van der Waals surface area contributed by atoms with Crippen LogP contribution in [0.5, 0.6) is 0 Å². The third-order valence-corrected chi connectivity index (χ3v) is 4.15. The van der Waals surface area contributed by atoms with Gasteiger partial charge in [-0.1, -0.05) is 6.07 Å². The number of anilines is 1. The summed E-state index contributed by atoms with van der Waals surface area (Å²) in [5.74, 6) is -0.0980. The summed E-state index contributed by atoms with van der Waals surface area (Å²) in [4.78, 5) is 13.4. The number of carbonyl (C=O) groups excluding carboxylic acids is 1. The topological polar surface area (TPSA) is 38.3 Å². The van der Waals surface area contributed by atoms with E-state index in [1.165, 1.54) is 16.9 Å². The molecule has 1 N–H and O–H groups in total. The van der Waals surface area contributed by atoms with Gasteiger partial charge in [-0.15, -0.1) is 24.0 Å². The summed E-state index contributed by atoms with van der Waals surface area (Å²) in [6.45, 7) is 1.29. The van der Waals surface area contributed by atoms with Gasteiger partial charge in [0.05, 0.1) is 18.1 Å². The lowest BCUT2D eigenvalue weighted by Gasteiger charge is -2.05. The number of rotatable bonds is 2. The molecule has 2 aromatic rings. The summed E-state index contributed by atoms with van der Waals surface area (Å²) in [7, 11) is 0. The molecule has 2 heterocycles. The molecule has 0 bridgehead atoms. The summed E-state index contributed by atoms with van der Waals surface area (Å²) < 4.78 is 5.34. The Hall–Kier alpha value is -1.30. The van der Waals surface area contributed by atoms with Crippen LogP contribution in [0.4, 0.5) is 5.69 Å². The van der Waals surface area contributed by atoms with Gasteiger partial charge in [-0.05, 0) is 29.3 Å². The number of hydrogen-bond donors (Lipinski definition) is 2. The molecule has 0 atom stereocenters. The summed E-state index contributed by atoms with van der Waals surface area (Å²) in [6.07, 6.45) is 0. The smallest absolute Gasteiger partial charge is 0.265 e. The fourth-order valence-corrected chi connectivity index (χ4v) is 2.93. The Balaban J connectivity index is 1.78. The van der Waals surface area contributed by atoms with Gasteiger partial charge in [0.15, 0.2) is 0 Å². The van der Waals surface area contributed by atoms with Crippen LogP contribution in [-0.2, 0) is 18.0 Å². The van der Waals surface area contributed by atoms with Crippen molar-refractivity contribution in [3.8, 4) is 0 Å². The first kappa shape index (κ1) is 11.8. The van der Waals surface area contributed by atoms with Crippen molar-refractivity contribution >= 4 is 35.6 Å². The van der Waals surface area contributed by atoms with E-state index in [0.717, 1.165) is 16.1 Å². The molecule has 0 fully saturated rings. The number of thiol groups is 1. The summed E-state index contributed by atoms with van der Waals surface area (Å²) in [6, 6.07) is 7.63. The molecular formula is C13H11NO2S2. The zero-order valence-electron chi connectivity index (χ0n) is 9.47. The third-order valence-electron chi connectivity index (χ3n) is 2.79. The van der Waals surface area contributed by atoms with E-state index in [9.17, 15) is 4.79 Å². The number of hydrogen-bond acceptors (Lipinski definition) is 4. The predicted molar refractivity (Wildman–Crippen MR) is 74.5 cm³/mol. The van der Waals surface area contributed by atoms with Gasteiger partial charge in [0.25, 0.3) is 5.91 Å². The quantitative estimate of drug-likeness (QED) is 0.826. The molecular weight excluding hydrogens is 266 g/mol. The van der Waals surface area contributed by atoms with Crippen molar-refractivity contribution in [3.05, 3.63) is 45.6 Å². The number of carbonyl (C=O) groups is 1. The summed E-state index contributed by atoms with van der Waals surface area (Å²) in [5.41, 5.74) is 3.15. The number of benzene rings is 1. The van der Waals surface area contributed by atoms with E-state index in [4.69, 9.17) is 4.74 Å². The van der Waals surface area contributed by atoms with E-state index >= 15 is 0 Å². The molecule has 1 aliphatic rings. The fourth-order valence-electron chi connectivity index (χ4n) is 1.89. The second-order valence-corrected chi connectivity index (χ2v) is 5.53. The first-order valence-corrected chi connectivity index (χ1v) is 6.83. The Morgan fingerprint density at radius 1 is 1.28 bits per heavy atom. The van der Waals surface area contributed by atoms with Crippen molar-refractivity contribution in [2.45, 2.75) is 18.1 Å². The second-order valence-electron chi connectivity index (χ2n) is 4.10. The first-order valence-electron chi connectivity index (χ1n) is 5.51. The van der Waals surface area contributed by atoms with Crippen molar-refractivity contribution in [2.24, 2.45) is 0 Å². The molecule has 0 saturated heterocycles. The molecule has 0 unspecified atom stereocenters. The highest BCUT2D eigenvalue weighted by molar-refractivity contribution is 7.80. The van der Waals surface area contributed by atoms with Crippen molar-refractivity contribution in [1.82, 2.24) is 0 Å². The fraction of sp³-hybridized carbons (Fsp3) is 0.154. The lowest BCUT2D eigenvalue weighted by Crippen LogP contribution is -2.10. The van der Waals surface area contributed by atoms with Gasteiger partial charge in [0.1, 0.15) is 0 Å². The van der Waals surface area contributed by atoms with Gasteiger partial charge in [-0.2, -0.15) is 0 Å². The van der Waals surface area contributed by atoms with Gasteiger partial charge < -0.3 is 10.1 Å². The van der Waals surface area contributed by atoms with Crippen molar-refractivity contribution < 1.29 is 9.53 Å². The number of thiophene rings is 1. The Kier molecular flexibility index (Phi) is 3.11. The van der Waals surface area contributed by atoms with E-state index in [0.29, 0.717) is 18.1 Å². The molecule has 0 spiro atoms. The molecule has 92 valence electrons. The van der Waals surface area contributed by atoms with E-state index in [2.05, 4.69) is 17.9 Å². The zero-order chi connectivity index (χ0) is 12.5. The van der Waals surface area contributed by atoms with Gasteiger partial charge in [-0.25, -0.2) is 0 Å². The number of ether oxygens (including phenoxy) is 1. The molecule has 0 aliphatic carbocycles. The molecule has 1 amide bonds. The highest BCUT2D eigenvalue weighted by atomic mass is 32.1. The standard InChI is InChI=1S/C13H11NO2S2/c15-13(12-4-11(17)7-18-12)14-10-2-1-8-5-16-6-9(8)3-10/h1-4,7,17H,5-6H2,(H,14,15). The van der Waals surface area contributed by atoms with Crippen LogP contribution in [0.25, 0.3) is 0 Å². The lowest BCUT2D eigenvalue weighted by molar-refractivity contribution is 0.103. The Labute approximate surface area is 114 Å². The van der Waals surface area contributed by atoms with Crippen LogP contribution in [0.1, 0.15) is 20.8 Å². The van der Waals surface area contributed by atoms with Crippen LogP contribution in [0, 0.1) is 0 Å². The Morgan fingerprint density at radius 2 is 2.11 bits per heavy atom. The van der Waals surface area contributed by atoms with Crippen LogP contribution < -0.4 is 5.32 Å². The van der Waals surface area contributed by atoms with Crippen molar-refractivity contribution in [1.29, 1.82) is 0 Å². The summed E-state index contributed by atoms with van der Waals surface area (Å²) in [5, 5.41) is 4.73. The minimum absolute atomic E-state index is 0.0980. The lowest BCUT2D eigenvalue weighted by atomic mass is 10.1. The molecule has 5 heteroatoms. The monoisotopic (exact) mass is 277 g/mol. The molecule has 3 nitrogen and oxygen atoms in total. The minimum atomic E-state index is -0.0980. The normalized spacial score (nSPS) is 13.4. The van der Waals surface area contributed by atoms with E-state index in [1.807, 2.05) is 23.6 Å². The average molecular weight is 277 g/mol. The van der Waals surface area contributed by atoms with Gasteiger partial charge >= 0.3 is 0 Å². The van der Waals surface area contributed by atoms with Gasteiger partial charge in [0.2, 0.25) is 0 Å². The third kappa shape index (κ3) is 2.29. The molecule has 18 heavy (non-hydrogen) atoms. The zero-order valence-corrected chi connectivity index (χ0v) is 11.2. The van der Waals surface area contributed by atoms with Gasteiger partial charge in [-0.3, -0.25) is 4.79 Å². The first-order chi connectivity index (χ1) is 8.72. The largest absolute Gasteiger partial charge is 0.372 e. The van der Waals surface area contributed by atoms with Crippen LogP contribution in [0.2, 0.25) is 0 Å². The Bertz CT molecular complexity index is 607. The molecule has 1 aliphatic heterocycles. The molecule has 1 aromatic carbocycles. The number of fused-ring (bicyclic) bond motifs is 1. The Morgan fingerprint density at radius 3 is 2.89 bits per heavy atom. The maximum atomic E-state index is 12.0. The van der Waals surface area contributed by atoms with Crippen LogP contribution in [0.15, 0.2) is 34.5 Å². The maximum absolute atomic E-state index is 12.0. The second kappa shape index (κ2) is 4.76. The van der Waals surface area contributed by atoms with Crippen molar-refractivity contribution in [3.63, 3.8) is 0 Å². The van der Waals surface area contributed by atoms with E-state index in [-0.39, 0.29) is 5.91 Å². The highest BCUT2D eigenvalue weighted by Crippen LogP contribution is 2.24. The summed E-state index contributed by atoms with van der Waals surface area (Å²) >= 11 is 5.58.